The minimum absolute atomic E-state index is 0.0463. The minimum atomic E-state index is -0.0463. The third-order valence-electron chi connectivity index (χ3n) is 3.97. The van der Waals surface area contributed by atoms with Crippen molar-refractivity contribution in [1.82, 2.24) is 15.2 Å². The topological polar surface area (TPSA) is 66.6 Å². The zero-order chi connectivity index (χ0) is 16.2. The van der Waals surface area contributed by atoms with Crippen molar-refractivity contribution < 1.29 is 9.47 Å². The molecule has 0 bridgehead atoms. The van der Waals surface area contributed by atoms with Crippen LogP contribution < -0.4 is 19.7 Å². The number of nitrogens with zero attached hydrogens (tertiary/aromatic N) is 1. The molecule has 124 valence electrons. The SMILES string of the molecule is COc1ccc(OC)c(-c2[nH]c(=O)sc2CN2CCNCC2)c1. The minimum Gasteiger partial charge on any atom is -0.497 e. The molecule has 0 radical (unpaired) electrons. The smallest absolute Gasteiger partial charge is 0.305 e. The summed E-state index contributed by atoms with van der Waals surface area (Å²) in [5.74, 6) is 1.46. The molecule has 6 nitrogen and oxygen atoms in total. The number of aromatic nitrogens is 1. The van der Waals surface area contributed by atoms with Crippen molar-refractivity contribution in [2.24, 2.45) is 0 Å². The van der Waals surface area contributed by atoms with Gasteiger partial charge in [0.05, 0.1) is 19.9 Å². The molecule has 2 N–H and O–H groups in total. The Balaban J connectivity index is 1.97. The second kappa shape index (κ2) is 7.16. The third-order valence-corrected chi connectivity index (χ3v) is 4.84. The Morgan fingerprint density at radius 2 is 2.00 bits per heavy atom. The van der Waals surface area contributed by atoms with E-state index >= 15 is 0 Å². The molecule has 1 saturated heterocycles. The van der Waals surface area contributed by atoms with E-state index in [0.717, 1.165) is 60.4 Å². The molecule has 1 fully saturated rings. The maximum absolute atomic E-state index is 11.9. The molecule has 23 heavy (non-hydrogen) atoms. The van der Waals surface area contributed by atoms with Crippen molar-refractivity contribution in [2.45, 2.75) is 6.54 Å². The number of hydrogen-bond donors (Lipinski definition) is 2. The van der Waals surface area contributed by atoms with Crippen LogP contribution in [0.15, 0.2) is 23.0 Å². The lowest BCUT2D eigenvalue weighted by Crippen LogP contribution is -2.42. The predicted octanol–water partition coefficient (Wildman–Crippen LogP) is 1.53. The van der Waals surface area contributed by atoms with E-state index in [0.29, 0.717) is 0 Å². The van der Waals surface area contributed by atoms with Crippen molar-refractivity contribution in [2.75, 3.05) is 40.4 Å². The Morgan fingerprint density at radius 1 is 1.22 bits per heavy atom. The summed E-state index contributed by atoms with van der Waals surface area (Å²) in [6.07, 6.45) is 0. The number of ether oxygens (including phenoxy) is 2. The predicted molar refractivity (Wildman–Crippen MR) is 91.6 cm³/mol. The highest BCUT2D eigenvalue weighted by Gasteiger charge is 2.19. The van der Waals surface area contributed by atoms with E-state index in [4.69, 9.17) is 9.47 Å². The molecular weight excluding hydrogens is 314 g/mol. The molecular formula is C16H21N3O3S. The Kier molecular flexibility index (Phi) is 5.00. The lowest BCUT2D eigenvalue weighted by atomic mass is 10.1. The van der Waals surface area contributed by atoms with E-state index in [1.807, 2.05) is 18.2 Å². The highest BCUT2D eigenvalue weighted by molar-refractivity contribution is 7.09. The van der Waals surface area contributed by atoms with E-state index in [2.05, 4.69) is 15.2 Å². The average Bonchev–Trinajstić information content (AvgIpc) is 2.95. The van der Waals surface area contributed by atoms with Crippen LogP contribution in [-0.2, 0) is 6.54 Å². The van der Waals surface area contributed by atoms with Crippen molar-refractivity contribution in [3.8, 4) is 22.8 Å². The summed E-state index contributed by atoms with van der Waals surface area (Å²) in [5.41, 5.74) is 1.68. The number of thiazole rings is 1. The second-order valence-corrected chi connectivity index (χ2v) is 6.47. The molecule has 1 aliphatic heterocycles. The first-order valence-corrected chi connectivity index (χ1v) is 8.40. The first kappa shape index (κ1) is 16.0. The van der Waals surface area contributed by atoms with Crippen LogP contribution >= 0.6 is 11.3 Å². The molecule has 0 aliphatic carbocycles. The van der Waals surface area contributed by atoms with Crippen molar-refractivity contribution in [3.63, 3.8) is 0 Å². The lowest BCUT2D eigenvalue weighted by molar-refractivity contribution is 0.235. The first-order chi connectivity index (χ1) is 11.2. The van der Waals surface area contributed by atoms with Crippen molar-refractivity contribution in [3.05, 3.63) is 32.7 Å². The Labute approximate surface area is 139 Å². The number of aromatic amines is 1. The zero-order valence-electron chi connectivity index (χ0n) is 13.3. The summed E-state index contributed by atoms with van der Waals surface area (Å²) >= 11 is 1.27. The van der Waals surface area contributed by atoms with Crippen LogP contribution in [0.5, 0.6) is 11.5 Å². The summed E-state index contributed by atoms with van der Waals surface area (Å²) < 4.78 is 10.8. The Hall–Kier alpha value is -1.83. The van der Waals surface area contributed by atoms with Crippen LogP contribution in [0.4, 0.5) is 0 Å². The number of benzene rings is 1. The molecule has 0 saturated carbocycles. The van der Waals surface area contributed by atoms with Gasteiger partial charge in [-0.15, -0.1) is 0 Å². The summed E-state index contributed by atoms with van der Waals surface area (Å²) in [6.45, 7) is 4.70. The molecule has 1 aromatic heterocycles. The molecule has 0 unspecified atom stereocenters. The summed E-state index contributed by atoms with van der Waals surface area (Å²) in [6, 6.07) is 5.61. The van der Waals surface area contributed by atoms with Gasteiger partial charge in [0.15, 0.2) is 0 Å². The van der Waals surface area contributed by atoms with E-state index in [-0.39, 0.29) is 4.87 Å². The molecule has 2 aromatic rings. The average molecular weight is 335 g/mol. The van der Waals surface area contributed by atoms with Gasteiger partial charge >= 0.3 is 4.87 Å². The van der Waals surface area contributed by atoms with Crippen LogP contribution in [0.3, 0.4) is 0 Å². The highest BCUT2D eigenvalue weighted by Crippen LogP contribution is 2.35. The fourth-order valence-corrected chi connectivity index (χ4v) is 3.66. The van der Waals surface area contributed by atoms with Gasteiger partial charge in [-0.3, -0.25) is 9.69 Å². The van der Waals surface area contributed by atoms with E-state index in [9.17, 15) is 4.79 Å². The molecule has 3 rings (SSSR count). The number of piperazine rings is 1. The van der Waals surface area contributed by atoms with Gasteiger partial charge in [0.25, 0.3) is 0 Å². The number of rotatable bonds is 5. The highest BCUT2D eigenvalue weighted by atomic mass is 32.1. The van der Waals surface area contributed by atoms with Gasteiger partial charge in [-0.05, 0) is 18.2 Å². The molecule has 0 atom stereocenters. The fourth-order valence-electron chi connectivity index (χ4n) is 2.77. The first-order valence-electron chi connectivity index (χ1n) is 7.58. The van der Waals surface area contributed by atoms with Gasteiger partial charge in [-0.25, -0.2) is 0 Å². The fraction of sp³-hybridized carbons (Fsp3) is 0.438. The zero-order valence-corrected chi connectivity index (χ0v) is 14.2. The lowest BCUT2D eigenvalue weighted by Gasteiger charge is -2.26. The quantitative estimate of drug-likeness (QED) is 0.867. The monoisotopic (exact) mass is 335 g/mol. The molecule has 1 aromatic carbocycles. The van der Waals surface area contributed by atoms with Crippen LogP contribution in [0.2, 0.25) is 0 Å². The third kappa shape index (κ3) is 3.57. The van der Waals surface area contributed by atoms with Crippen LogP contribution in [0.1, 0.15) is 4.88 Å². The molecule has 1 aliphatic rings. The van der Waals surface area contributed by atoms with Gasteiger partial charge in [0.1, 0.15) is 11.5 Å². The van der Waals surface area contributed by atoms with Crippen LogP contribution in [-0.4, -0.2) is 50.3 Å². The van der Waals surface area contributed by atoms with Gasteiger partial charge in [0, 0.05) is 43.2 Å². The maximum atomic E-state index is 11.9. The molecule has 0 amide bonds. The van der Waals surface area contributed by atoms with Crippen molar-refractivity contribution >= 4 is 11.3 Å². The number of hydrogen-bond acceptors (Lipinski definition) is 6. The van der Waals surface area contributed by atoms with Gasteiger partial charge in [-0.1, -0.05) is 11.3 Å². The van der Waals surface area contributed by atoms with E-state index in [1.165, 1.54) is 11.3 Å². The summed E-state index contributed by atoms with van der Waals surface area (Å²) in [5, 5.41) is 3.34. The number of nitrogens with one attached hydrogen (secondary N) is 2. The normalized spacial score (nSPS) is 15.6. The second-order valence-electron chi connectivity index (χ2n) is 5.41. The Bertz CT molecular complexity index is 720. The van der Waals surface area contributed by atoms with Gasteiger partial charge in [-0.2, -0.15) is 0 Å². The Morgan fingerprint density at radius 3 is 2.70 bits per heavy atom. The van der Waals surface area contributed by atoms with Crippen LogP contribution in [0, 0.1) is 0 Å². The molecule has 0 spiro atoms. The van der Waals surface area contributed by atoms with E-state index < -0.39 is 0 Å². The molecule has 2 heterocycles. The largest absolute Gasteiger partial charge is 0.497 e. The number of H-pyrrole nitrogens is 1. The summed E-state index contributed by atoms with van der Waals surface area (Å²) in [4.78, 5) is 18.2. The van der Waals surface area contributed by atoms with Gasteiger partial charge < -0.3 is 19.8 Å². The van der Waals surface area contributed by atoms with Gasteiger partial charge in [0.2, 0.25) is 0 Å². The van der Waals surface area contributed by atoms with E-state index in [1.54, 1.807) is 14.2 Å². The number of methoxy groups -OCH3 is 2. The standard InChI is InChI=1S/C16H21N3O3S/c1-21-11-3-4-13(22-2)12(9-11)15-14(23-16(20)18-15)10-19-7-5-17-6-8-19/h3-4,9,17H,5-8,10H2,1-2H3,(H,18,20). The van der Waals surface area contributed by atoms with Crippen LogP contribution in [0.25, 0.3) is 11.3 Å². The summed E-state index contributed by atoms with van der Waals surface area (Å²) in [7, 11) is 3.26. The molecule has 7 heteroatoms. The maximum Gasteiger partial charge on any atom is 0.305 e. The van der Waals surface area contributed by atoms with Crippen molar-refractivity contribution in [1.29, 1.82) is 0 Å².